The number of rotatable bonds is 8. The number of amides is 1. The predicted octanol–water partition coefficient (Wildman–Crippen LogP) is 2.92. The number of ether oxygens (including phenoxy) is 1. The molecule has 0 saturated heterocycles. The number of hydrogen-bond donors (Lipinski definition) is 2. The third-order valence-corrected chi connectivity index (χ3v) is 5.74. The molecule has 0 aliphatic carbocycles. The van der Waals surface area contributed by atoms with Gasteiger partial charge in [-0.25, -0.2) is 0 Å². The van der Waals surface area contributed by atoms with Crippen molar-refractivity contribution in [2.45, 2.75) is 45.9 Å². The lowest BCUT2D eigenvalue weighted by Crippen LogP contribution is -2.43. The number of carbonyl (C=O) groups excluding carboxylic acids is 1. The molecule has 4 rings (SSSR count). The fraction of sp³-hybridized carbons (Fsp3) is 0.385. The van der Waals surface area contributed by atoms with Crippen LogP contribution in [0.3, 0.4) is 0 Å². The van der Waals surface area contributed by atoms with Crippen molar-refractivity contribution in [2.75, 3.05) is 19.7 Å². The van der Waals surface area contributed by atoms with E-state index in [-0.39, 0.29) is 24.7 Å². The number of nitrogens with zero attached hydrogens (tertiary/aromatic N) is 4. The van der Waals surface area contributed by atoms with E-state index in [9.17, 15) is 10.1 Å². The first-order chi connectivity index (χ1) is 16.9. The summed E-state index contributed by atoms with van der Waals surface area (Å²) in [7, 11) is 0. The summed E-state index contributed by atoms with van der Waals surface area (Å²) in [5, 5.41) is 25.5. The Bertz CT molecular complexity index is 1250. The Morgan fingerprint density at radius 1 is 1.23 bits per heavy atom. The lowest BCUT2D eigenvalue weighted by atomic mass is 9.97. The van der Waals surface area contributed by atoms with E-state index in [1.165, 1.54) is 5.56 Å². The van der Waals surface area contributed by atoms with Gasteiger partial charge in [-0.1, -0.05) is 17.3 Å². The Labute approximate surface area is 204 Å². The van der Waals surface area contributed by atoms with Crippen LogP contribution in [-0.4, -0.2) is 57.9 Å². The second-order valence-corrected chi connectivity index (χ2v) is 9.01. The summed E-state index contributed by atoms with van der Waals surface area (Å²) >= 11 is 0. The average Bonchev–Trinajstić information content (AvgIpc) is 3.34. The maximum Gasteiger partial charge on any atom is 0.258 e. The third kappa shape index (κ3) is 5.85. The van der Waals surface area contributed by atoms with Crippen LogP contribution in [0.4, 0.5) is 0 Å². The van der Waals surface area contributed by atoms with Crippen LogP contribution in [0, 0.1) is 11.3 Å². The topological polar surface area (TPSA) is 125 Å². The number of hydrogen-bond acceptors (Lipinski definition) is 8. The lowest BCUT2D eigenvalue weighted by molar-refractivity contribution is -0.123. The summed E-state index contributed by atoms with van der Waals surface area (Å²) in [5.41, 5.74) is 4.26. The molecule has 2 aromatic carbocycles. The van der Waals surface area contributed by atoms with Gasteiger partial charge >= 0.3 is 0 Å². The number of nitriles is 1. The molecular formula is C26H29N5O4. The van der Waals surface area contributed by atoms with Gasteiger partial charge in [0.25, 0.3) is 5.89 Å². The lowest BCUT2D eigenvalue weighted by Gasteiger charge is -2.28. The van der Waals surface area contributed by atoms with E-state index in [4.69, 9.17) is 14.4 Å². The van der Waals surface area contributed by atoms with Crippen molar-refractivity contribution < 1.29 is 19.2 Å². The van der Waals surface area contributed by atoms with Crippen molar-refractivity contribution in [3.05, 3.63) is 53.1 Å². The van der Waals surface area contributed by atoms with Crippen LogP contribution < -0.4 is 10.1 Å². The molecule has 2 N–H and O–H groups in total. The number of aliphatic hydroxyl groups is 1. The molecule has 3 aromatic rings. The van der Waals surface area contributed by atoms with Crippen LogP contribution >= 0.6 is 0 Å². The van der Waals surface area contributed by atoms with E-state index < -0.39 is 0 Å². The minimum Gasteiger partial charge on any atom is -0.490 e. The maximum atomic E-state index is 12.1. The molecule has 1 amide bonds. The molecule has 2 heterocycles. The van der Waals surface area contributed by atoms with Crippen molar-refractivity contribution in [2.24, 2.45) is 0 Å². The molecule has 1 atom stereocenters. The smallest absolute Gasteiger partial charge is 0.258 e. The van der Waals surface area contributed by atoms with Gasteiger partial charge in [-0.05, 0) is 62.6 Å². The zero-order chi connectivity index (χ0) is 24.9. The fourth-order valence-electron chi connectivity index (χ4n) is 4.02. The van der Waals surface area contributed by atoms with Gasteiger partial charge in [-0.2, -0.15) is 10.2 Å². The summed E-state index contributed by atoms with van der Waals surface area (Å²) < 4.78 is 11.2. The first-order valence-corrected chi connectivity index (χ1v) is 11.7. The number of nitrogens with one attached hydrogen (secondary N) is 1. The Kier molecular flexibility index (Phi) is 7.44. The normalized spacial score (nSPS) is 14.3. The predicted molar refractivity (Wildman–Crippen MR) is 129 cm³/mol. The monoisotopic (exact) mass is 475 g/mol. The van der Waals surface area contributed by atoms with E-state index in [0.717, 1.165) is 24.1 Å². The van der Waals surface area contributed by atoms with Crippen molar-refractivity contribution in [1.82, 2.24) is 20.4 Å². The summed E-state index contributed by atoms with van der Waals surface area (Å²) in [6, 6.07) is 13.2. The molecule has 182 valence electrons. The number of aromatic nitrogens is 2. The summed E-state index contributed by atoms with van der Waals surface area (Å²) in [4.78, 5) is 18.8. The summed E-state index contributed by atoms with van der Waals surface area (Å²) in [5.74, 6) is 1.24. The molecule has 0 fully saturated rings. The van der Waals surface area contributed by atoms with Crippen molar-refractivity contribution in [3.63, 3.8) is 0 Å². The van der Waals surface area contributed by atoms with Gasteiger partial charge in [0.05, 0.1) is 24.8 Å². The SMILES string of the molecule is CC(CO)NC(=O)CN1CCc2cc(-c3noc(-c4ccc(OC(C)C)c(C#N)c4)n3)ccc2C1. The highest BCUT2D eigenvalue weighted by molar-refractivity contribution is 5.78. The van der Waals surface area contributed by atoms with Gasteiger partial charge < -0.3 is 19.7 Å². The van der Waals surface area contributed by atoms with Crippen LogP contribution in [0.2, 0.25) is 0 Å². The van der Waals surface area contributed by atoms with Crippen LogP contribution in [-0.2, 0) is 17.8 Å². The minimum atomic E-state index is -0.250. The zero-order valence-electron chi connectivity index (χ0n) is 20.1. The van der Waals surface area contributed by atoms with Gasteiger partial charge in [-0.3, -0.25) is 9.69 Å². The maximum absolute atomic E-state index is 12.1. The molecule has 9 heteroatoms. The molecule has 1 unspecified atom stereocenters. The van der Waals surface area contributed by atoms with E-state index >= 15 is 0 Å². The average molecular weight is 476 g/mol. The second kappa shape index (κ2) is 10.7. The highest BCUT2D eigenvalue weighted by atomic mass is 16.5. The zero-order valence-corrected chi connectivity index (χ0v) is 20.1. The fourth-order valence-corrected chi connectivity index (χ4v) is 4.02. The van der Waals surface area contributed by atoms with Crippen LogP contribution in [0.25, 0.3) is 22.8 Å². The van der Waals surface area contributed by atoms with Crippen molar-refractivity contribution >= 4 is 5.91 Å². The number of fused-ring (bicyclic) bond motifs is 1. The molecule has 0 radical (unpaired) electrons. The third-order valence-electron chi connectivity index (χ3n) is 5.74. The Morgan fingerprint density at radius 3 is 2.77 bits per heavy atom. The van der Waals surface area contributed by atoms with Crippen LogP contribution in [0.1, 0.15) is 37.5 Å². The highest BCUT2D eigenvalue weighted by Gasteiger charge is 2.21. The van der Waals surface area contributed by atoms with E-state index in [1.807, 2.05) is 26.0 Å². The highest BCUT2D eigenvalue weighted by Crippen LogP contribution is 2.29. The summed E-state index contributed by atoms with van der Waals surface area (Å²) in [6.45, 7) is 7.25. The molecule has 0 spiro atoms. The Balaban J connectivity index is 1.47. The molecule has 1 aliphatic heterocycles. The standard InChI is InChI=1S/C26H29N5O4/c1-16(2)34-23-7-6-20(11-22(23)12-27)26-29-25(30-35-26)19-4-5-21-13-31(9-8-18(21)10-19)14-24(33)28-17(3)15-32/h4-7,10-11,16-17,32H,8-9,13-15H2,1-3H3,(H,28,33). The van der Waals surface area contributed by atoms with Gasteiger partial charge in [0, 0.05) is 30.3 Å². The first kappa shape index (κ1) is 24.4. The number of benzene rings is 2. The molecule has 35 heavy (non-hydrogen) atoms. The number of carbonyl (C=O) groups is 1. The van der Waals surface area contributed by atoms with Gasteiger partial charge in [0.2, 0.25) is 11.7 Å². The van der Waals surface area contributed by atoms with Gasteiger partial charge in [0.1, 0.15) is 11.8 Å². The van der Waals surface area contributed by atoms with E-state index in [2.05, 4.69) is 32.5 Å². The van der Waals surface area contributed by atoms with E-state index in [1.54, 1.807) is 25.1 Å². The van der Waals surface area contributed by atoms with Gasteiger partial charge in [-0.15, -0.1) is 0 Å². The van der Waals surface area contributed by atoms with Gasteiger partial charge in [0.15, 0.2) is 0 Å². The molecule has 1 aliphatic rings. The molecule has 9 nitrogen and oxygen atoms in total. The molecule has 1 aromatic heterocycles. The minimum absolute atomic E-state index is 0.0360. The Morgan fingerprint density at radius 2 is 2.03 bits per heavy atom. The molecule has 0 bridgehead atoms. The molecular weight excluding hydrogens is 446 g/mol. The molecule has 0 saturated carbocycles. The van der Waals surface area contributed by atoms with Crippen LogP contribution in [0.5, 0.6) is 5.75 Å². The van der Waals surface area contributed by atoms with Crippen LogP contribution in [0.15, 0.2) is 40.9 Å². The first-order valence-electron chi connectivity index (χ1n) is 11.7. The van der Waals surface area contributed by atoms with E-state index in [0.29, 0.717) is 41.7 Å². The summed E-state index contributed by atoms with van der Waals surface area (Å²) in [6.07, 6.45) is 0.769. The largest absolute Gasteiger partial charge is 0.490 e. The van der Waals surface area contributed by atoms with Crippen molar-refractivity contribution in [3.8, 4) is 34.7 Å². The quantitative estimate of drug-likeness (QED) is 0.510. The Hall–Kier alpha value is -3.74. The second-order valence-electron chi connectivity index (χ2n) is 9.01. The number of aliphatic hydroxyl groups excluding tert-OH is 1. The van der Waals surface area contributed by atoms with Crippen molar-refractivity contribution in [1.29, 1.82) is 5.26 Å².